The number of ether oxygens (including phenoxy) is 1. The first kappa shape index (κ1) is 17.6. The lowest BCUT2D eigenvalue weighted by molar-refractivity contribution is -0.0707. The summed E-state index contributed by atoms with van der Waals surface area (Å²) in [6, 6.07) is 9.95. The van der Waals surface area contributed by atoms with Gasteiger partial charge in [0.1, 0.15) is 0 Å². The molecular formula is C19H21N3O2S2. The molecule has 2 aromatic heterocycles. The van der Waals surface area contributed by atoms with Crippen LogP contribution in [0.25, 0.3) is 10.1 Å². The van der Waals surface area contributed by atoms with Crippen molar-refractivity contribution < 1.29 is 9.53 Å². The molecule has 4 rings (SSSR count). The van der Waals surface area contributed by atoms with E-state index in [0.29, 0.717) is 10.0 Å². The zero-order chi connectivity index (χ0) is 18.1. The maximum atomic E-state index is 12.5. The number of aromatic nitrogens is 1. The maximum Gasteiger partial charge on any atom is 0.267 e. The second kappa shape index (κ2) is 7.44. The van der Waals surface area contributed by atoms with E-state index in [2.05, 4.69) is 29.0 Å². The summed E-state index contributed by atoms with van der Waals surface area (Å²) >= 11 is 2.98. The minimum Gasteiger partial charge on any atom is -0.373 e. The summed E-state index contributed by atoms with van der Waals surface area (Å²) in [5.74, 6) is -0.0966. The third kappa shape index (κ3) is 3.96. The van der Waals surface area contributed by atoms with E-state index in [1.165, 1.54) is 22.7 Å². The predicted molar refractivity (Wildman–Crippen MR) is 107 cm³/mol. The Hall–Kier alpha value is -1.80. The van der Waals surface area contributed by atoms with E-state index in [4.69, 9.17) is 4.74 Å². The second-order valence-electron chi connectivity index (χ2n) is 6.70. The molecule has 5 nitrogen and oxygen atoms in total. The Morgan fingerprint density at radius 3 is 2.85 bits per heavy atom. The number of benzene rings is 1. The van der Waals surface area contributed by atoms with Crippen LogP contribution in [-0.2, 0) is 11.3 Å². The normalized spacial score (nSPS) is 21.2. The molecule has 2 atom stereocenters. The molecule has 1 N–H and O–H groups in total. The van der Waals surface area contributed by atoms with Crippen molar-refractivity contribution in [2.45, 2.75) is 32.6 Å². The van der Waals surface area contributed by atoms with Gasteiger partial charge in [-0.15, -0.1) is 22.7 Å². The molecule has 2 unspecified atom stereocenters. The fraction of sp³-hybridized carbons (Fsp3) is 0.368. The molecule has 1 fully saturated rings. The molecule has 0 bridgehead atoms. The molecule has 1 saturated heterocycles. The van der Waals surface area contributed by atoms with Crippen molar-refractivity contribution in [1.29, 1.82) is 0 Å². The standard InChI is InChI=1S/C19H21N3O2S2/c1-12-8-22(9-13(2)24-12)10-15-11-25-19(20-15)21-18(23)17-7-14-5-3-4-6-16(14)26-17/h3-7,11-13H,8-10H2,1-2H3,(H,20,21,23). The fourth-order valence-corrected chi connectivity index (χ4v) is 4.99. The van der Waals surface area contributed by atoms with Gasteiger partial charge < -0.3 is 4.74 Å². The van der Waals surface area contributed by atoms with E-state index in [1.807, 2.05) is 35.7 Å². The van der Waals surface area contributed by atoms with Crippen molar-refractivity contribution in [3.63, 3.8) is 0 Å². The minimum absolute atomic E-state index is 0.0966. The molecule has 0 spiro atoms. The van der Waals surface area contributed by atoms with Crippen LogP contribution >= 0.6 is 22.7 Å². The highest BCUT2D eigenvalue weighted by atomic mass is 32.1. The van der Waals surface area contributed by atoms with Crippen molar-refractivity contribution in [3.8, 4) is 0 Å². The molecular weight excluding hydrogens is 366 g/mol. The van der Waals surface area contributed by atoms with Crippen molar-refractivity contribution in [2.75, 3.05) is 18.4 Å². The average molecular weight is 388 g/mol. The number of nitrogens with zero attached hydrogens (tertiary/aromatic N) is 2. The molecule has 1 amide bonds. The minimum atomic E-state index is -0.0966. The molecule has 0 aliphatic carbocycles. The van der Waals surface area contributed by atoms with Gasteiger partial charge in [0.2, 0.25) is 0 Å². The largest absolute Gasteiger partial charge is 0.373 e. The van der Waals surface area contributed by atoms with Gasteiger partial charge in [0.05, 0.1) is 22.8 Å². The Morgan fingerprint density at radius 2 is 2.08 bits per heavy atom. The van der Waals surface area contributed by atoms with Gasteiger partial charge in [-0.25, -0.2) is 4.98 Å². The number of fused-ring (bicyclic) bond motifs is 1. The van der Waals surface area contributed by atoms with E-state index in [1.54, 1.807) is 0 Å². The topological polar surface area (TPSA) is 54.5 Å². The number of hydrogen-bond donors (Lipinski definition) is 1. The van der Waals surface area contributed by atoms with Crippen LogP contribution in [0.2, 0.25) is 0 Å². The lowest BCUT2D eigenvalue weighted by Crippen LogP contribution is -2.44. The second-order valence-corrected chi connectivity index (χ2v) is 8.64. The van der Waals surface area contributed by atoms with Crippen molar-refractivity contribution in [1.82, 2.24) is 9.88 Å². The van der Waals surface area contributed by atoms with Crippen molar-refractivity contribution in [2.24, 2.45) is 0 Å². The van der Waals surface area contributed by atoms with Crippen LogP contribution in [0.5, 0.6) is 0 Å². The number of hydrogen-bond acceptors (Lipinski definition) is 6. The molecule has 1 aliphatic rings. The highest BCUT2D eigenvalue weighted by Gasteiger charge is 2.23. The summed E-state index contributed by atoms with van der Waals surface area (Å²) in [5.41, 5.74) is 0.989. The third-order valence-corrected chi connectivity index (χ3v) is 6.22. The summed E-state index contributed by atoms with van der Waals surface area (Å²) in [7, 11) is 0. The SMILES string of the molecule is CC1CN(Cc2csc(NC(=O)c3cc4ccccc4s3)n2)CC(C)O1. The number of morpholine rings is 1. The summed E-state index contributed by atoms with van der Waals surface area (Å²) in [6.45, 7) is 6.80. The molecule has 0 radical (unpaired) electrons. The molecule has 3 heterocycles. The van der Waals surface area contributed by atoms with Crippen LogP contribution in [-0.4, -0.2) is 41.1 Å². The zero-order valence-corrected chi connectivity index (χ0v) is 16.4. The van der Waals surface area contributed by atoms with Crippen LogP contribution in [0.1, 0.15) is 29.2 Å². The van der Waals surface area contributed by atoms with Gasteiger partial charge in [0, 0.05) is 29.7 Å². The number of carbonyl (C=O) groups excluding carboxylic acids is 1. The van der Waals surface area contributed by atoms with Gasteiger partial charge in [-0.1, -0.05) is 18.2 Å². The summed E-state index contributed by atoms with van der Waals surface area (Å²) in [6.07, 6.45) is 0.481. The number of nitrogens with one attached hydrogen (secondary N) is 1. The third-order valence-electron chi connectivity index (χ3n) is 4.30. The Bertz CT molecular complexity index is 877. The van der Waals surface area contributed by atoms with E-state index in [0.717, 1.165) is 35.4 Å². The lowest BCUT2D eigenvalue weighted by atomic mass is 10.2. The first-order chi connectivity index (χ1) is 12.6. The predicted octanol–water partition coefficient (Wildman–Crippen LogP) is 4.22. The lowest BCUT2D eigenvalue weighted by Gasteiger charge is -2.34. The Morgan fingerprint density at radius 1 is 1.31 bits per heavy atom. The number of rotatable bonds is 4. The molecule has 0 saturated carbocycles. The monoisotopic (exact) mass is 387 g/mol. The van der Waals surface area contributed by atoms with Gasteiger partial charge in [0.25, 0.3) is 5.91 Å². The molecule has 1 aliphatic heterocycles. The average Bonchev–Trinajstić information content (AvgIpc) is 3.20. The molecule has 7 heteroatoms. The molecule has 26 heavy (non-hydrogen) atoms. The van der Waals surface area contributed by atoms with Crippen molar-refractivity contribution in [3.05, 3.63) is 46.3 Å². The van der Waals surface area contributed by atoms with Gasteiger partial charge in [0.15, 0.2) is 5.13 Å². The highest BCUT2D eigenvalue weighted by molar-refractivity contribution is 7.21. The highest BCUT2D eigenvalue weighted by Crippen LogP contribution is 2.26. The van der Waals surface area contributed by atoms with Crippen molar-refractivity contribution >= 4 is 43.8 Å². The van der Waals surface area contributed by atoms with Crippen LogP contribution in [0.15, 0.2) is 35.7 Å². The number of thiazole rings is 1. The first-order valence-electron chi connectivity index (χ1n) is 8.69. The molecule has 3 aromatic rings. The van der Waals surface area contributed by atoms with Gasteiger partial charge in [-0.05, 0) is 31.4 Å². The quantitative estimate of drug-likeness (QED) is 0.728. The summed E-state index contributed by atoms with van der Waals surface area (Å²) in [5, 5.41) is 6.69. The van der Waals surface area contributed by atoms with E-state index < -0.39 is 0 Å². The number of amides is 1. The Balaban J connectivity index is 1.40. The number of thiophene rings is 1. The summed E-state index contributed by atoms with van der Waals surface area (Å²) < 4.78 is 6.89. The Kier molecular flexibility index (Phi) is 5.04. The number of anilines is 1. The van der Waals surface area contributed by atoms with Gasteiger partial charge in [-0.2, -0.15) is 0 Å². The van der Waals surface area contributed by atoms with Gasteiger partial charge in [-0.3, -0.25) is 15.0 Å². The fourth-order valence-electron chi connectivity index (χ4n) is 3.33. The maximum absolute atomic E-state index is 12.5. The van der Waals surface area contributed by atoms with Crippen LogP contribution < -0.4 is 5.32 Å². The summed E-state index contributed by atoms with van der Waals surface area (Å²) in [4.78, 5) is 20.2. The van der Waals surface area contributed by atoms with Crippen LogP contribution in [0.4, 0.5) is 5.13 Å². The van der Waals surface area contributed by atoms with E-state index in [-0.39, 0.29) is 18.1 Å². The van der Waals surface area contributed by atoms with E-state index >= 15 is 0 Å². The van der Waals surface area contributed by atoms with Gasteiger partial charge >= 0.3 is 0 Å². The van der Waals surface area contributed by atoms with Crippen LogP contribution in [0.3, 0.4) is 0 Å². The van der Waals surface area contributed by atoms with Crippen LogP contribution in [0, 0.1) is 0 Å². The number of carbonyl (C=O) groups is 1. The zero-order valence-electron chi connectivity index (χ0n) is 14.8. The molecule has 1 aromatic carbocycles. The smallest absolute Gasteiger partial charge is 0.267 e. The Labute approximate surface area is 160 Å². The first-order valence-corrected chi connectivity index (χ1v) is 10.4. The van der Waals surface area contributed by atoms with E-state index in [9.17, 15) is 4.79 Å². The molecule has 136 valence electrons.